The van der Waals surface area contributed by atoms with Gasteiger partial charge in [-0.05, 0) is 189 Å². The van der Waals surface area contributed by atoms with Crippen LogP contribution in [0, 0.1) is 0 Å². The molecule has 0 radical (unpaired) electrons. The fraction of sp³-hybridized carbons (Fsp3) is 0.570. The summed E-state index contributed by atoms with van der Waals surface area (Å²) in [7, 11) is 8.31. The first-order valence-electron chi connectivity index (χ1n) is 33.1. The number of aliphatic imine (C=N–C) groups is 1. The number of carbonyl (C=O) groups excluding carboxylic acids is 4. The maximum Gasteiger partial charge on any atom is 0.519 e. The fourth-order valence-electron chi connectivity index (χ4n) is 12.1. The van der Waals surface area contributed by atoms with Crippen molar-refractivity contribution in [3.63, 3.8) is 0 Å². The molecule has 504 valence electrons. The number of rotatable bonds is 17. The first-order valence-corrected chi connectivity index (χ1v) is 33.1. The molecular weight excluding hydrogens is 1130 g/mol. The molecule has 0 amide bonds. The number of carbonyl (C=O) groups is 3. The lowest BCUT2D eigenvalue weighted by Crippen LogP contribution is -2.31. The molecule has 0 unspecified atom stereocenters. The van der Waals surface area contributed by atoms with Crippen molar-refractivity contribution in [3.8, 4) is 0 Å². The van der Waals surface area contributed by atoms with Crippen LogP contribution in [0.2, 0.25) is 0 Å². The van der Waals surface area contributed by atoms with Crippen LogP contribution in [0.3, 0.4) is 0 Å². The average molecular weight is 1250 g/mol. The molecule has 91 heavy (non-hydrogen) atoms. The lowest BCUT2D eigenvalue weighted by Gasteiger charge is -2.30. The first kappa shape index (κ1) is 80.3. The highest BCUT2D eigenvalue weighted by Gasteiger charge is 2.37. The van der Waals surface area contributed by atoms with Gasteiger partial charge in [0, 0.05) is 70.1 Å². The molecule has 2 aliphatic carbocycles. The van der Waals surface area contributed by atoms with Gasteiger partial charge in [0.2, 0.25) is 6.08 Å². The molecule has 12 nitrogen and oxygen atoms in total. The number of benzene rings is 5. The summed E-state index contributed by atoms with van der Waals surface area (Å²) in [5.74, 6) is 3.05. The molecule has 4 N–H and O–H groups in total. The highest BCUT2D eigenvalue weighted by atomic mass is 16.8. The summed E-state index contributed by atoms with van der Waals surface area (Å²) in [6, 6.07) is 36.9. The van der Waals surface area contributed by atoms with E-state index in [2.05, 4.69) is 216 Å². The fourth-order valence-corrected chi connectivity index (χ4v) is 12.1. The largest absolute Gasteiger partial charge is 0.519 e. The smallest absolute Gasteiger partial charge is 0.428 e. The quantitative estimate of drug-likeness (QED) is 0.0299. The van der Waals surface area contributed by atoms with Crippen LogP contribution < -0.4 is 21.3 Å². The molecule has 0 bridgehead atoms. The van der Waals surface area contributed by atoms with E-state index in [9.17, 15) is 19.2 Å². The van der Waals surface area contributed by atoms with E-state index < -0.39 is 23.5 Å². The molecule has 5 aromatic rings. The molecule has 0 spiro atoms. The summed E-state index contributed by atoms with van der Waals surface area (Å²) in [5.41, 5.74) is 27.0. The molecule has 2 fully saturated rings. The summed E-state index contributed by atoms with van der Waals surface area (Å²) in [6.07, 6.45) is 11.9. The SMILES string of the molecule is C.CC(C)(C)OC(=O)OC(=O)OC(C)(C)C.CC(C)c1cccc(C(C)C)c1CC(=O)CCC1(c2ccc(N(C)C)cc2)CCCC1.CC(C)c1cccc(C(C)C)c1N.CC(C)c1cccc(C(C)C)c1N=C=O.CN(C)c1ccc(C2(CN)CCCC2)cc1. The number of nitrogens with two attached hydrogens (primary N) is 2. The van der Waals surface area contributed by atoms with E-state index in [-0.39, 0.29) is 18.3 Å². The number of isocyanates is 1. The van der Waals surface area contributed by atoms with Gasteiger partial charge >= 0.3 is 12.3 Å². The second-order valence-corrected chi connectivity index (χ2v) is 29.0. The van der Waals surface area contributed by atoms with Crippen LogP contribution in [0.5, 0.6) is 0 Å². The van der Waals surface area contributed by atoms with Gasteiger partial charge in [-0.1, -0.05) is 195 Å². The van der Waals surface area contributed by atoms with Gasteiger partial charge in [-0.3, -0.25) is 4.79 Å². The van der Waals surface area contributed by atoms with Crippen molar-refractivity contribution in [1.29, 1.82) is 0 Å². The Balaban J connectivity index is 0.000000406. The van der Waals surface area contributed by atoms with E-state index >= 15 is 0 Å². The summed E-state index contributed by atoms with van der Waals surface area (Å²) in [6.45, 7) is 36.9. The van der Waals surface area contributed by atoms with Crippen molar-refractivity contribution in [1.82, 2.24) is 0 Å². The topological polar surface area (TPSA) is 167 Å². The Morgan fingerprint density at radius 3 is 1.14 bits per heavy atom. The zero-order chi connectivity index (χ0) is 67.9. The Morgan fingerprint density at radius 1 is 0.516 bits per heavy atom. The van der Waals surface area contributed by atoms with E-state index in [4.69, 9.17) is 20.9 Å². The first-order chi connectivity index (χ1) is 42.0. The van der Waals surface area contributed by atoms with Crippen LogP contribution in [-0.2, 0) is 41.1 Å². The highest BCUT2D eigenvalue weighted by molar-refractivity contribution is 5.82. The predicted molar refractivity (Wildman–Crippen MR) is 385 cm³/mol. The number of ether oxygens (including phenoxy) is 3. The third-order valence-electron chi connectivity index (χ3n) is 17.1. The standard InChI is InChI=1S/C29H41NO.C14H22N2.C13H17NO.C12H19N.C10H18O5.CH4/c1-21(2)26-10-9-11-27(22(3)4)28(26)20-25(31)16-19-29(17-7-8-18-29)23-12-14-24(15-13-23)30(5)6;1-16(2)13-7-5-12(6-8-13)14(11-15)9-3-4-10-14;1-9(2)11-6-5-7-12(10(3)4)13(11)14-8-15;1-8(2)10-6-5-7-11(9(3)4)12(10)13;1-9(2,3)14-7(11)13-8(12)15-10(4,5)6;/h9-15,21-22H,7-8,16-20H2,1-6H3;5-8H,3-4,9-11,15H2,1-2H3;5-7,9-10H,1-4H3;5-9H,13H2,1-4H3;1-6H3;1H4. The zero-order valence-electron chi connectivity index (χ0n) is 59.6. The zero-order valence-corrected chi connectivity index (χ0v) is 59.6. The van der Waals surface area contributed by atoms with E-state index in [0.717, 1.165) is 35.5 Å². The molecule has 0 heterocycles. The minimum absolute atomic E-state index is 0. The minimum atomic E-state index is -1.06. The Bertz CT molecular complexity index is 2950. The molecule has 2 aliphatic rings. The van der Waals surface area contributed by atoms with Crippen molar-refractivity contribution in [3.05, 3.63) is 153 Å². The number of hydrogen-bond donors (Lipinski definition) is 2. The Morgan fingerprint density at radius 2 is 0.835 bits per heavy atom. The van der Waals surface area contributed by atoms with Gasteiger partial charge in [0.15, 0.2) is 0 Å². The molecule has 0 aromatic heterocycles. The normalized spacial score (nSPS) is 13.9. The highest BCUT2D eigenvalue weighted by Crippen LogP contribution is 2.46. The van der Waals surface area contributed by atoms with Crippen molar-refractivity contribution in [2.75, 3.05) is 50.3 Å². The van der Waals surface area contributed by atoms with Crippen LogP contribution in [0.25, 0.3) is 0 Å². The van der Waals surface area contributed by atoms with Gasteiger partial charge in [0.05, 0.1) is 5.69 Å². The molecule has 0 aliphatic heterocycles. The van der Waals surface area contributed by atoms with Crippen molar-refractivity contribution in [2.45, 2.75) is 260 Å². The number of nitrogen functional groups attached to an aromatic ring is 1. The van der Waals surface area contributed by atoms with Crippen LogP contribution in [-0.4, -0.2) is 70.1 Å². The van der Waals surface area contributed by atoms with E-state index in [1.165, 1.54) is 102 Å². The molecule has 2 saturated carbocycles. The van der Waals surface area contributed by atoms with Gasteiger partial charge in [-0.25, -0.2) is 14.4 Å². The summed E-state index contributed by atoms with van der Waals surface area (Å²) < 4.78 is 13.8. The van der Waals surface area contributed by atoms with E-state index in [1.54, 1.807) is 47.6 Å². The number of Topliss-reactive ketones (excluding diaryl/α,β-unsaturated/α-hetero) is 1. The van der Waals surface area contributed by atoms with Crippen LogP contribution in [0.4, 0.5) is 32.3 Å². The number of anilines is 3. The third-order valence-corrected chi connectivity index (χ3v) is 17.1. The number of nitrogens with zero attached hydrogens (tertiary/aromatic N) is 3. The predicted octanol–water partition coefficient (Wildman–Crippen LogP) is 20.9. The molecule has 0 saturated heterocycles. The van der Waals surface area contributed by atoms with Crippen molar-refractivity contribution < 1.29 is 33.4 Å². The Hall–Kier alpha value is -6.75. The maximum atomic E-state index is 13.2. The number of ketones is 1. The lowest BCUT2D eigenvalue weighted by atomic mass is 9.74. The third kappa shape index (κ3) is 25.3. The van der Waals surface area contributed by atoms with E-state index in [0.29, 0.717) is 54.1 Å². The number of hydrogen-bond acceptors (Lipinski definition) is 12. The van der Waals surface area contributed by atoms with Gasteiger partial charge in [0.1, 0.15) is 17.0 Å². The van der Waals surface area contributed by atoms with Crippen LogP contribution in [0.15, 0.2) is 108 Å². The molecule has 5 aromatic carbocycles. The van der Waals surface area contributed by atoms with Crippen molar-refractivity contribution >= 4 is 46.9 Å². The molecule has 7 rings (SSSR count). The van der Waals surface area contributed by atoms with E-state index in [1.807, 2.05) is 18.2 Å². The van der Waals surface area contributed by atoms with Gasteiger partial charge in [0.25, 0.3) is 0 Å². The van der Waals surface area contributed by atoms with Gasteiger partial charge in [-0.15, -0.1) is 0 Å². The summed E-state index contributed by atoms with van der Waals surface area (Å²) >= 11 is 0. The Kier molecular flexibility index (Phi) is 32.7. The summed E-state index contributed by atoms with van der Waals surface area (Å²) in [5, 5.41) is 0. The van der Waals surface area contributed by atoms with Gasteiger partial charge < -0.3 is 35.5 Å². The minimum Gasteiger partial charge on any atom is -0.428 e. The van der Waals surface area contributed by atoms with Crippen molar-refractivity contribution in [2.24, 2.45) is 10.7 Å². The average Bonchev–Trinajstić information content (AvgIpc) is 2.13. The van der Waals surface area contributed by atoms with Crippen LogP contribution in [0.1, 0.15) is 282 Å². The summed E-state index contributed by atoms with van der Waals surface area (Å²) in [4.78, 5) is 53.8. The molecule has 0 atom stereocenters. The Labute approximate surface area is 552 Å². The van der Waals surface area contributed by atoms with Gasteiger partial charge in [-0.2, -0.15) is 4.99 Å². The molecular formula is C79H121N5O7. The monoisotopic (exact) mass is 1250 g/mol. The second-order valence-electron chi connectivity index (χ2n) is 29.0. The molecule has 12 heteroatoms. The lowest BCUT2D eigenvalue weighted by molar-refractivity contribution is -0.118. The second kappa shape index (κ2) is 37.1. The van der Waals surface area contributed by atoms with Crippen LogP contribution >= 0.6 is 0 Å². The number of para-hydroxylation sites is 2. The maximum absolute atomic E-state index is 13.2.